The number of hydrogen-bond acceptors (Lipinski definition) is 3. The van der Waals surface area contributed by atoms with E-state index in [1.54, 1.807) is 29.6 Å². The third-order valence-electron chi connectivity index (χ3n) is 2.26. The number of nitrogens with one attached hydrogen (secondary N) is 1. The van der Waals surface area contributed by atoms with Crippen LogP contribution in [0.1, 0.15) is 9.67 Å². The minimum absolute atomic E-state index is 0.218. The zero-order chi connectivity index (χ0) is 13.1. The summed E-state index contributed by atoms with van der Waals surface area (Å²) in [4.78, 5) is 12.6. The molecule has 18 heavy (non-hydrogen) atoms. The van der Waals surface area contributed by atoms with Crippen LogP contribution >= 0.6 is 38.9 Å². The second kappa shape index (κ2) is 5.73. The molecule has 0 aliphatic carbocycles. The summed E-state index contributed by atoms with van der Waals surface area (Å²) in [7, 11) is 1.54. The number of carbonyl (C=O) groups excluding carboxylic acids is 1. The van der Waals surface area contributed by atoms with Gasteiger partial charge >= 0.3 is 0 Å². The minimum atomic E-state index is -0.218. The van der Waals surface area contributed by atoms with E-state index >= 15 is 0 Å². The molecule has 6 heteroatoms. The smallest absolute Gasteiger partial charge is 0.269 e. The van der Waals surface area contributed by atoms with Crippen molar-refractivity contribution in [1.82, 2.24) is 0 Å². The van der Waals surface area contributed by atoms with Crippen molar-refractivity contribution in [2.24, 2.45) is 0 Å². The van der Waals surface area contributed by atoms with Crippen LogP contribution in [-0.4, -0.2) is 13.0 Å². The molecule has 1 amide bonds. The first-order chi connectivity index (χ1) is 8.63. The van der Waals surface area contributed by atoms with Crippen LogP contribution in [0.5, 0.6) is 5.75 Å². The molecule has 0 radical (unpaired) electrons. The van der Waals surface area contributed by atoms with Gasteiger partial charge in [0.25, 0.3) is 5.91 Å². The Bertz CT molecular complexity index is 585. The Hall–Kier alpha value is -1.04. The van der Waals surface area contributed by atoms with Crippen LogP contribution in [0.4, 0.5) is 5.69 Å². The van der Waals surface area contributed by atoms with Crippen LogP contribution in [0.2, 0.25) is 5.02 Å². The molecule has 1 N–H and O–H groups in total. The number of benzene rings is 1. The van der Waals surface area contributed by atoms with Gasteiger partial charge in [-0.25, -0.2) is 0 Å². The van der Waals surface area contributed by atoms with Crippen LogP contribution in [0.15, 0.2) is 34.1 Å². The molecular weight excluding hydrogens is 338 g/mol. The molecule has 0 spiro atoms. The summed E-state index contributed by atoms with van der Waals surface area (Å²) >= 11 is 10.6. The highest BCUT2D eigenvalue weighted by atomic mass is 79.9. The van der Waals surface area contributed by atoms with E-state index in [2.05, 4.69) is 21.2 Å². The highest BCUT2D eigenvalue weighted by Crippen LogP contribution is 2.31. The normalized spacial score (nSPS) is 10.2. The van der Waals surface area contributed by atoms with Crippen molar-refractivity contribution in [3.8, 4) is 5.75 Å². The maximum absolute atomic E-state index is 12.1. The number of anilines is 1. The number of hydrogen-bond donors (Lipinski definition) is 1. The molecule has 0 bridgehead atoms. The summed E-state index contributed by atoms with van der Waals surface area (Å²) in [6.07, 6.45) is 0. The fourth-order valence-corrected chi connectivity index (χ4v) is 2.69. The fraction of sp³-hybridized carbons (Fsp3) is 0.0833. The average Bonchev–Trinajstić information content (AvgIpc) is 2.83. The van der Waals surface area contributed by atoms with E-state index in [1.165, 1.54) is 18.4 Å². The van der Waals surface area contributed by atoms with Crippen LogP contribution in [0, 0.1) is 0 Å². The first kappa shape index (κ1) is 13.4. The number of thiophene rings is 1. The number of carbonyl (C=O) groups is 1. The quantitative estimate of drug-likeness (QED) is 0.893. The van der Waals surface area contributed by atoms with E-state index in [9.17, 15) is 4.79 Å². The van der Waals surface area contributed by atoms with Gasteiger partial charge in [-0.1, -0.05) is 17.7 Å². The summed E-state index contributed by atoms with van der Waals surface area (Å²) in [5.74, 6) is 0.348. The molecule has 1 heterocycles. The van der Waals surface area contributed by atoms with Gasteiger partial charge in [-0.05, 0) is 39.5 Å². The lowest BCUT2D eigenvalue weighted by molar-refractivity contribution is 0.102. The monoisotopic (exact) mass is 345 g/mol. The standard InChI is InChI=1S/C12H9BrClNO2S/c1-17-9-5-6-18-11(9)12(16)15-8-4-2-3-7(14)10(8)13/h2-6H,1H3,(H,15,16). The number of ether oxygens (including phenoxy) is 1. The lowest BCUT2D eigenvalue weighted by Gasteiger charge is -2.08. The Morgan fingerprint density at radius 1 is 1.44 bits per heavy atom. The Morgan fingerprint density at radius 3 is 2.94 bits per heavy atom. The maximum Gasteiger partial charge on any atom is 0.269 e. The van der Waals surface area contributed by atoms with E-state index in [4.69, 9.17) is 16.3 Å². The molecule has 3 nitrogen and oxygen atoms in total. The van der Waals surface area contributed by atoms with Crippen molar-refractivity contribution in [3.63, 3.8) is 0 Å². The van der Waals surface area contributed by atoms with Gasteiger partial charge in [0, 0.05) is 0 Å². The van der Waals surface area contributed by atoms with Crippen LogP contribution in [0.3, 0.4) is 0 Å². The Morgan fingerprint density at radius 2 is 2.22 bits per heavy atom. The van der Waals surface area contributed by atoms with Gasteiger partial charge in [0.1, 0.15) is 10.6 Å². The molecule has 0 aliphatic heterocycles. The van der Waals surface area contributed by atoms with E-state index in [-0.39, 0.29) is 5.91 Å². The molecule has 0 saturated heterocycles. The van der Waals surface area contributed by atoms with E-state index in [0.717, 1.165) is 0 Å². The zero-order valence-corrected chi connectivity index (χ0v) is 12.5. The number of rotatable bonds is 3. The van der Waals surface area contributed by atoms with Crippen molar-refractivity contribution in [2.75, 3.05) is 12.4 Å². The van der Waals surface area contributed by atoms with Gasteiger partial charge in [0.2, 0.25) is 0 Å². The number of halogens is 2. The Labute approximate surface area is 122 Å². The molecule has 1 aromatic carbocycles. The van der Waals surface area contributed by atoms with Gasteiger partial charge < -0.3 is 10.1 Å². The number of amides is 1. The van der Waals surface area contributed by atoms with E-state index in [0.29, 0.717) is 25.8 Å². The van der Waals surface area contributed by atoms with Crippen molar-refractivity contribution in [3.05, 3.63) is 44.0 Å². The highest BCUT2D eigenvalue weighted by Gasteiger charge is 2.15. The van der Waals surface area contributed by atoms with E-state index in [1.807, 2.05) is 0 Å². The van der Waals surface area contributed by atoms with Crippen LogP contribution < -0.4 is 10.1 Å². The molecule has 0 aliphatic rings. The molecule has 0 unspecified atom stereocenters. The third kappa shape index (κ3) is 2.68. The first-order valence-electron chi connectivity index (χ1n) is 5.00. The second-order valence-corrected chi connectivity index (χ2v) is 5.49. The highest BCUT2D eigenvalue weighted by molar-refractivity contribution is 9.10. The lowest BCUT2D eigenvalue weighted by Crippen LogP contribution is -2.11. The van der Waals surface area contributed by atoms with E-state index < -0.39 is 0 Å². The van der Waals surface area contributed by atoms with Crippen molar-refractivity contribution in [2.45, 2.75) is 0 Å². The summed E-state index contributed by atoms with van der Waals surface area (Å²) in [6, 6.07) is 7.04. The van der Waals surface area contributed by atoms with Crippen molar-refractivity contribution < 1.29 is 9.53 Å². The summed E-state index contributed by atoms with van der Waals surface area (Å²) in [5.41, 5.74) is 0.628. The summed E-state index contributed by atoms with van der Waals surface area (Å²) in [6.45, 7) is 0. The molecule has 1 aromatic heterocycles. The van der Waals surface area contributed by atoms with Gasteiger partial charge in [0.05, 0.1) is 22.3 Å². The predicted molar refractivity (Wildman–Crippen MR) is 78.0 cm³/mol. The molecule has 0 fully saturated rings. The third-order valence-corrected chi connectivity index (χ3v) is 4.55. The van der Waals surface area contributed by atoms with Crippen LogP contribution in [0.25, 0.3) is 0 Å². The predicted octanol–water partition coefficient (Wildman–Crippen LogP) is 4.42. The Kier molecular flexibility index (Phi) is 4.27. The second-order valence-electron chi connectivity index (χ2n) is 3.37. The van der Waals surface area contributed by atoms with Gasteiger partial charge in [-0.3, -0.25) is 4.79 Å². The Balaban J connectivity index is 2.24. The molecule has 2 aromatic rings. The zero-order valence-electron chi connectivity index (χ0n) is 9.37. The average molecular weight is 347 g/mol. The first-order valence-corrected chi connectivity index (χ1v) is 7.05. The molecule has 94 valence electrons. The molecule has 2 rings (SSSR count). The summed E-state index contributed by atoms with van der Waals surface area (Å²) in [5, 5.41) is 5.14. The molecule has 0 atom stereocenters. The van der Waals surface area contributed by atoms with Gasteiger partial charge in [-0.2, -0.15) is 0 Å². The summed E-state index contributed by atoms with van der Waals surface area (Å²) < 4.78 is 5.77. The van der Waals surface area contributed by atoms with Crippen LogP contribution in [-0.2, 0) is 0 Å². The maximum atomic E-state index is 12.1. The molecular formula is C12H9BrClNO2S. The number of methoxy groups -OCH3 is 1. The minimum Gasteiger partial charge on any atom is -0.495 e. The largest absolute Gasteiger partial charge is 0.495 e. The van der Waals surface area contributed by atoms with Crippen molar-refractivity contribution in [1.29, 1.82) is 0 Å². The van der Waals surface area contributed by atoms with Gasteiger partial charge in [0.15, 0.2) is 0 Å². The fourth-order valence-electron chi connectivity index (χ4n) is 1.40. The SMILES string of the molecule is COc1ccsc1C(=O)Nc1cccc(Cl)c1Br. The van der Waals surface area contributed by atoms with Gasteiger partial charge in [-0.15, -0.1) is 11.3 Å². The van der Waals surface area contributed by atoms with Crippen molar-refractivity contribution >= 4 is 50.5 Å². The topological polar surface area (TPSA) is 38.3 Å². The molecule has 0 saturated carbocycles. The lowest BCUT2D eigenvalue weighted by atomic mass is 10.3.